The monoisotopic (exact) mass is 371 g/mol. The fraction of sp³-hybridized carbons (Fsp3) is 0.0833. The zero-order valence-corrected chi connectivity index (χ0v) is 13.2. The van der Waals surface area contributed by atoms with E-state index in [2.05, 4.69) is 25.6 Å². The normalized spacial score (nSPS) is 11.1. The van der Waals surface area contributed by atoms with E-state index in [4.69, 9.17) is 0 Å². The quantitative estimate of drug-likeness (QED) is 0.505. The van der Waals surface area contributed by atoms with Gasteiger partial charge < -0.3 is 0 Å². The van der Waals surface area contributed by atoms with Crippen LogP contribution in [0.2, 0.25) is 0 Å². The number of nitro benzene ring substituents is 1. The summed E-state index contributed by atoms with van der Waals surface area (Å²) in [5.41, 5.74) is 0.0848. The van der Waals surface area contributed by atoms with E-state index in [1.165, 1.54) is 37.4 Å². The average Bonchev–Trinajstić information content (AvgIpc) is 2.41. The third kappa shape index (κ3) is 3.19. The summed E-state index contributed by atoms with van der Waals surface area (Å²) < 4.78 is 27.4. The zero-order chi connectivity index (χ0) is 15.6. The van der Waals surface area contributed by atoms with Crippen molar-refractivity contribution >= 4 is 37.3 Å². The predicted molar refractivity (Wildman–Crippen MR) is 80.6 cm³/mol. The highest BCUT2D eigenvalue weighted by atomic mass is 79.9. The van der Waals surface area contributed by atoms with Gasteiger partial charge in [0.05, 0.1) is 15.5 Å². The van der Waals surface area contributed by atoms with Crippen molar-refractivity contribution in [1.82, 2.24) is 4.98 Å². The molecule has 0 spiro atoms. The maximum Gasteiger partial charge on any atom is 0.273 e. The molecule has 0 fully saturated rings. The molecule has 21 heavy (non-hydrogen) atoms. The third-order valence-corrected chi connectivity index (χ3v) is 4.89. The average molecular weight is 372 g/mol. The number of aromatic nitrogens is 1. The first-order valence-electron chi connectivity index (χ1n) is 5.70. The van der Waals surface area contributed by atoms with Gasteiger partial charge in [0.2, 0.25) is 0 Å². The van der Waals surface area contributed by atoms with Crippen molar-refractivity contribution in [3.8, 4) is 0 Å². The van der Waals surface area contributed by atoms with E-state index in [0.717, 1.165) is 0 Å². The topological polar surface area (TPSA) is 102 Å². The van der Waals surface area contributed by atoms with Crippen molar-refractivity contribution in [3.05, 3.63) is 56.8 Å². The molecule has 1 aromatic heterocycles. The van der Waals surface area contributed by atoms with Gasteiger partial charge in [-0.05, 0) is 41.1 Å². The van der Waals surface area contributed by atoms with Gasteiger partial charge in [-0.2, -0.15) is 0 Å². The summed E-state index contributed by atoms with van der Waals surface area (Å²) in [4.78, 5) is 14.0. The molecule has 0 radical (unpaired) electrons. The fourth-order valence-electron chi connectivity index (χ4n) is 1.75. The molecule has 0 aliphatic heterocycles. The van der Waals surface area contributed by atoms with Crippen LogP contribution in [0.5, 0.6) is 0 Å². The lowest BCUT2D eigenvalue weighted by Crippen LogP contribution is -2.15. The Kier molecular flexibility index (Phi) is 4.24. The van der Waals surface area contributed by atoms with E-state index < -0.39 is 14.9 Å². The number of benzene rings is 1. The molecule has 0 unspecified atom stereocenters. The van der Waals surface area contributed by atoms with Crippen molar-refractivity contribution in [2.24, 2.45) is 0 Å². The number of sulfonamides is 1. The Labute approximate surface area is 129 Å². The van der Waals surface area contributed by atoms with Crippen LogP contribution in [0.15, 0.2) is 46.0 Å². The Morgan fingerprint density at radius 1 is 1.29 bits per heavy atom. The lowest BCUT2D eigenvalue weighted by atomic mass is 10.2. The highest BCUT2D eigenvalue weighted by Gasteiger charge is 2.23. The van der Waals surface area contributed by atoms with Crippen LogP contribution in [0.3, 0.4) is 0 Å². The minimum Gasteiger partial charge on any atom is -0.277 e. The second-order valence-corrected chi connectivity index (χ2v) is 6.51. The molecule has 110 valence electrons. The van der Waals surface area contributed by atoms with E-state index in [1.54, 1.807) is 6.07 Å². The number of halogens is 1. The summed E-state index contributed by atoms with van der Waals surface area (Å²) in [5, 5.41) is 10.9. The molecular formula is C12H10BrN3O4S. The van der Waals surface area contributed by atoms with Gasteiger partial charge >= 0.3 is 0 Å². The standard InChI is InChI=1S/C12H10BrN3O4S/c1-8-10(16(17)18)5-2-6-11(8)21(19,20)15-9-4-3-7-14-12(9)13/h2-7,15H,1H3. The van der Waals surface area contributed by atoms with Gasteiger partial charge in [0.1, 0.15) is 4.60 Å². The molecule has 0 saturated carbocycles. The van der Waals surface area contributed by atoms with Crippen LogP contribution in [0, 0.1) is 17.0 Å². The Bertz CT molecular complexity index is 808. The Hall–Kier alpha value is -2.00. The number of nitro groups is 1. The van der Waals surface area contributed by atoms with Crippen LogP contribution in [0.4, 0.5) is 11.4 Å². The summed E-state index contributed by atoms with van der Waals surface area (Å²) in [5.74, 6) is 0. The van der Waals surface area contributed by atoms with Crippen molar-refractivity contribution in [1.29, 1.82) is 0 Å². The van der Waals surface area contributed by atoms with Crippen LogP contribution in [-0.2, 0) is 10.0 Å². The minimum absolute atomic E-state index is 0.0787. The number of nitrogens with one attached hydrogen (secondary N) is 1. The zero-order valence-electron chi connectivity index (χ0n) is 10.8. The lowest BCUT2D eigenvalue weighted by molar-refractivity contribution is -0.385. The van der Waals surface area contributed by atoms with Gasteiger partial charge in [-0.15, -0.1) is 0 Å². The van der Waals surface area contributed by atoms with E-state index in [9.17, 15) is 18.5 Å². The first-order valence-corrected chi connectivity index (χ1v) is 7.98. The molecule has 1 aromatic carbocycles. The smallest absolute Gasteiger partial charge is 0.273 e. The van der Waals surface area contributed by atoms with Crippen LogP contribution >= 0.6 is 15.9 Å². The Morgan fingerprint density at radius 2 is 2.00 bits per heavy atom. The number of hydrogen-bond donors (Lipinski definition) is 1. The molecule has 0 aliphatic carbocycles. The molecule has 1 N–H and O–H groups in total. The highest BCUT2D eigenvalue weighted by Crippen LogP contribution is 2.28. The Morgan fingerprint density at radius 3 is 2.62 bits per heavy atom. The highest BCUT2D eigenvalue weighted by molar-refractivity contribution is 9.10. The van der Waals surface area contributed by atoms with Crippen molar-refractivity contribution in [2.75, 3.05) is 4.72 Å². The van der Waals surface area contributed by atoms with Crippen molar-refractivity contribution in [3.63, 3.8) is 0 Å². The molecule has 0 aliphatic rings. The van der Waals surface area contributed by atoms with Crippen LogP contribution in [0.1, 0.15) is 5.56 Å². The Balaban J connectivity index is 2.48. The summed E-state index contributed by atoms with van der Waals surface area (Å²) >= 11 is 3.13. The third-order valence-electron chi connectivity index (χ3n) is 2.75. The second kappa shape index (κ2) is 5.78. The first-order chi connectivity index (χ1) is 9.83. The predicted octanol–water partition coefficient (Wildman–Crippen LogP) is 2.86. The number of anilines is 1. The molecule has 2 rings (SSSR count). The van der Waals surface area contributed by atoms with Gasteiger partial charge in [-0.25, -0.2) is 13.4 Å². The van der Waals surface area contributed by atoms with Gasteiger partial charge in [0.15, 0.2) is 0 Å². The number of nitrogens with zero attached hydrogens (tertiary/aromatic N) is 2. The van der Waals surface area contributed by atoms with Crippen LogP contribution in [-0.4, -0.2) is 18.3 Å². The molecule has 9 heteroatoms. The molecule has 2 aromatic rings. The van der Waals surface area contributed by atoms with Crippen molar-refractivity contribution < 1.29 is 13.3 Å². The van der Waals surface area contributed by atoms with E-state index in [-0.39, 0.29) is 21.8 Å². The molecule has 0 saturated heterocycles. The molecule has 0 bridgehead atoms. The van der Waals surface area contributed by atoms with E-state index >= 15 is 0 Å². The van der Waals surface area contributed by atoms with E-state index in [0.29, 0.717) is 4.60 Å². The van der Waals surface area contributed by atoms with Gasteiger partial charge in [0.25, 0.3) is 15.7 Å². The molecular weight excluding hydrogens is 362 g/mol. The largest absolute Gasteiger partial charge is 0.277 e. The van der Waals surface area contributed by atoms with Crippen LogP contribution in [0.25, 0.3) is 0 Å². The summed E-state index contributed by atoms with van der Waals surface area (Å²) in [6, 6.07) is 7.01. The summed E-state index contributed by atoms with van der Waals surface area (Å²) in [6.07, 6.45) is 1.50. The molecule has 1 heterocycles. The molecule has 7 nitrogen and oxygen atoms in total. The maximum absolute atomic E-state index is 12.4. The SMILES string of the molecule is Cc1c([N+](=O)[O-])cccc1S(=O)(=O)Nc1cccnc1Br. The number of rotatable bonds is 4. The van der Waals surface area contributed by atoms with Gasteiger partial charge in [-0.3, -0.25) is 14.8 Å². The maximum atomic E-state index is 12.4. The summed E-state index contributed by atoms with van der Waals surface area (Å²) in [7, 11) is -3.95. The summed E-state index contributed by atoms with van der Waals surface area (Å²) in [6.45, 7) is 1.39. The van der Waals surface area contributed by atoms with Crippen LogP contribution < -0.4 is 4.72 Å². The molecule has 0 atom stereocenters. The fourth-order valence-corrected chi connectivity index (χ4v) is 3.56. The number of hydrogen-bond acceptors (Lipinski definition) is 5. The first kappa shape index (κ1) is 15.4. The second-order valence-electron chi connectivity index (χ2n) is 4.10. The van der Waals surface area contributed by atoms with Crippen molar-refractivity contribution in [2.45, 2.75) is 11.8 Å². The molecule has 0 amide bonds. The minimum atomic E-state index is -3.95. The van der Waals surface area contributed by atoms with Gasteiger partial charge in [0, 0.05) is 17.8 Å². The van der Waals surface area contributed by atoms with Gasteiger partial charge in [-0.1, -0.05) is 6.07 Å². The number of pyridine rings is 1. The lowest BCUT2D eigenvalue weighted by Gasteiger charge is -2.11. The van der Waals surface area contributed by atoms with E-state index in [1.807, 2.05) is 0 Å².